The Bertz CT molecular complexity index is 197. The standard InChI is InChI=1S/C13H27N.C2H4O2/c1-3-4-5-6-9-12(2)13-10-7-8-11-14-13;1-2(3)4/h12-14H,3-11H2,1-2H3;1H3,(H,3,4). The molecule has 0 aliphatic carbocycles. The summed E-state index contributed by atoms with van der Waals surface area (Å²) in [5.74, 6) is 0.0622. The molecule has 0 bridgehead atoms. The molecule has 2 unspecified atom stereocenters. The SMILES string of the molecule is CC(=O)O.CCCCCCC(C)C1CCCCN1. The van der Waals surface area contributed by atoms with Gasteiger partial charge in [-0.15, -0.1) is 0 Å². The molecular weight excluding hydrogens is 226 g/mol. The summed E-state index contributed by atoms with van der Waals surface area (Å²) < 4.78 is 0. The van der Waals surface area contributed by atoms with E-state index in [4.69, 9.17) is 9.90 Å². The van der Waals surface area contributed by atoms with Crippen LogP contribution in [0.4, 0.5) is 0 Å². The first kappa shape index (κ1) is 17.4. The van der Waals surface area contributed by atoms with Gasteiger partial charge in [0.15, 0.2) is 0 Å². The van der Waals surface area contributed by atoms with Crippen LogP contribution < -0.4 is 5.32 Å². The number of unbranched alkanes of at least 4 members (excludes halogenated alkanes) is 3. The lowest BCUT2D eigenvalue weighted by molar-refractivity contribution is -0.134. The largest absolute Gasteiger partial charge is 0.481 e. The summed E-state index contributed by atoms with van der Waals surface area (Å²) >= 11 is 0. The third-order valence-electron chi connectivity index (χ3n) is 3.55. The first-order chi connectivity index (χ1) is 8.57. The summed E-state index contributed by atoms with van der Waals surface area (Å²) in [5, 5.41) is 11.1. The van der Waals surface area contributed by atoms with E-state index in [1.54, 1.807) is 0 Å². The van der Waals surface area contributed by atoms with E-state index in [1.165, 1.54) is 57.9 Å². The van der Waals surface area contributed by atoms with Crippen molar-refractivity contribution >= 4 is 5.97 Å². The molecule has 0 amide bonds. The summed E-state index contributed by atoms with van der Waals surface area (Å²) in [6, 6.07) is 0.824. The highest BCUT2D eigenvalue weighted by molar-refractivity contribution is 5.62. The van der Waals surface area contributed by atoms with Crippen molar-refractivity contribution in [1.29, 1.82) is 0 Å². The normalized spacial score (nSPS) is 20.7. The Morgan fingerprint density at radius 2 is 2.00 bits per heavy atom. The molecule has 0 radical (unpaired) electrons. The topological polar surface area (TPSA) is 49.3 Å². The molecule has 0 saturated carbocycles. The molecule has 0 aromatic rings. The van der Waals surface area contributed by atoms with Gasteiger partial charge in [0.1, 0.15) is 0 Å². The molecular formula is C15H31NO2. The van der Waals surface area contributed by atoms with Crippen molar-refractivity contribution in [3.63, 3.8) is 0 Å². The molecule has 2 atom stereocenters. The molecule has 1 heterocycles. The average molecular weight is 257 g/mol. The zero-order valence-corrected chi connectivity index (χ0v) is 12.4. The Balaban J connectivity index is 0.000000631. The van der Waals surface area contributed by atoms with Crippen molar-refractivity contribution < 1.29 is 9.90 Å². The van der Waals surface area contributed by atoms with E-state index in [1.807, 2.05) is 0 Å². The van der Waals surface area contributed by atoms with Gasteiger partial charge in [0, 0.05) is 13.0 Å². The Kier molecular flexibility index (Phi) is 11.2. The summed E-state index contributed by atoms with van der Waals surface area (Å²) in [6.07, 6.45) is 11.3. The van der Waals surface area contributed by atoms with E-state index in [2.05, 4.69) is 19.2 Å². The number of rotatable bonds is 6. The molecule has 108 valence electrons. The molecule has 1 rings (SSSR count). The minimum absolute atomic E-state index is 0.824. The number of aliphatic carboxylic acids is 1. The fourth-order valence-corrected chi connectivity index (χ4v) is 2.46. The van der Waals surface area contributed by atoms with Gasteiger partial charge in [-0.3, -0.25) is 4.79 Å². The lowest BCUT2D eigenvalue weighted by atomic mass is 9.89. The van der Waals surface area contributed by atoms with Crippen LogP contribution in [-0.4, -0.2) is 23.7 Å². The predicted octanol–water partition coefficient (Wildman–Crippen LogP) is 3.83. The Morgan fingerprint density at radius 3 is 2.50 bits per heavy atom. The number of hydrogen-bond donors (Lipinski definition) is 2. The van der Waals surface area contributed by atoms with Crippen molar-refractivity contribution in [2.75, 3.05) is 6.54 Å². The zero-order chi connectivity index (χ0) is 13.8. The third-order valence-corrected chi connectivity index (χ3v) is 3.55. The molecule has 2 N–H and O–H groups in total. The molecule has 18 heavy (non-hydrogen) atoms. The number of piperidine rings is 1. The molecule has 0 aromatic heterocycles. The predicted molar refractivity (Wildman–Crippen MR) is 76.9 cm³/mol. The Labute approximate surface area is 112 Å². The number of nitrogens with one attached hydrogen (secondary N) is 1. The van der Waals surface area contributed by atoms with E-state index < -0.39 is 5.97 Å². The maximum atomic E-state index is 9.00. The maximum absolute atomic E-state index is 9.00. The van der Waals surface area contributed by atoms with E-state index in [0.29, 0.717) is 0 Å². The van der Waals surface area contributed by atoms with E-state index in [0.717, 1.165) is 18.9 Å². The summed E-state index contributed by atoms with van der Waals surface area (Å²) in [7, 11) is 0. The fourth-order valence-electron chi connectivity index (χ4n) is 2.46. The van der Waals surface area contributed by atoms with Crippen molar-refractivity contribution in [3.05, 3.63) is 0 Å². The molecule has 1 aliphatic heterocycles. The summed E-state index contributed by atoms with van der Waals surface area (Å²) in [5.41, 5.74) is 0. The van der Waals surface area contributed by atoms with Gasteiger partial charge >= 0.3 is 0 Å². The molecule has 1 fully saturated rings. The van der Waals surface area contributed by atoms with Gasteiger partial charge in [0.25, 0.3) is 5.97 Å². The maximum Gasteiger partial charge on any atom is 0.300 e. The minimum Gasteiger partial charge on any atom is -0.481 e. The summed E-state index contributed by atoms with van der Waals surface area (Å²) in [4.78, 5) is 9.00. The van der Waals surface area contributed by atoms with Crippen LogP contribution in [0.2, 0.25) is 0 Å². The van der Waals surface area contributed by atoms with E-state index in [-0.39, 0.29) is 0 Å². The molecule has 0 spiro atoms. The number of carbonyl (C=O) groups is 1. The second kappa shape index (κ2) is 11.5. The van der Waals surface area contributed by atoms with Crippen LogP contribution in [0.1, 0.15) is 72.1 Å². The van der Waals surface area contributed by atoms with E-state index in [9.17, 15) is 0 Å². The van der Waals surface area contributed by atoms with Gasteiger partial charge in [-0.1, -0.05) is 46.0 Å². The molecule has 1 aliphatic rings. The highest BCUT2D eigenvalue weighted by Crippen LogP contribution is 2.20. The third kappa shape index (κ3) is 10.6. The van der Waals surface area contributed by atoms with Gasteiger partial charge in [0.05, 0.1) is 0 Å². The highest BCUT2D eigenvalue weighted by Gasteiger charge is 2.18. The van der Waals surface area contributed by atoms with Crippen LogP contribution in [-0.2, 0) is 4.79 Å². The second-order valence-corrected chi connectivity index (χ2v) is 5.40. The van der Waals surface area contributed by atoms with Crippen LogP contribution in [0.15, 0.2) is 0 Å². The smallest absolute Gasteiger partial charge is 0.300 e. The number of carboxylic acids is 1. The van der Waals surface area contributed by atoms with E-state index >= 15 is 0 Å². The molecule has 1 saturated heterocycles. The quantitative estimate of drug-likeness (QED) is 0.711. The van der Waals surface area contributed by atoms with Gasteiger partial charge in [-0.2, -0.15) is 0 Å². The molecule has 0 aromatic carbocycles. The van der Waals surface area contributed by atoms with Gasteiger partial charge in [-0.25, -0.2) is 0 Å². The van der Waals surface area contributed by atoms with Crippen LogP contribution in [0, 0.1) is 5.92 Å². The lowest BCUT2D eigenvalue weighted by Gasteiger charge is -2.29. The van der Waals surface area contributed by atoms with Gasteiger partial charge < -0.3 is 10.4 Å². The fraction of sp³-hybridized carbons (Fsp3) is 0.933. The monoisotopic (exact) mass is 257 g/mol. The zero-order valence-electron chi connectivity index (χ0n) is 12.4. The van der Waals surface area contributed by atoms with Crippen LogP contribution >= 0.6 is 0 Å². The van der Waals surface area contributed by atoms with Crippen molar-refractivity contribution in [1.82, 2.24) is 5.32 Å². The first-order valence-electron chi connectivity index (χ1n) is 7.50. The minimum atomic E-state index is -0.833. The number of hydrogen-bond acceptors (Lipinski definition) is 2. The molecule has 3 nitrogen and oxygen atoms in total. The van der Waals surface area contributed by atoms with Crippen molar-refractivity contribution in [3.8, 4) is 0 Å². The molecule has 3 heteroatoms. The van der Waals surface area contributed by atoms with Crippen molar-refractivity contribution in [2.24, 2.45) is 5.92 Å². The van der Waals surface area contributed by atoms with Gasteiger partial charge in [-0.05, 0) is 31.7 Å². The second-order valence-electron chi connectivity index (χ2n) is 5.40. The van der Waals surface area contributed by atoms with Crippen LogP contribution in [0.25, 0.3) is 0 Å². The number of carboxylic acid groups (broad SMARTS) is 1. The van der Waals surface area contributed by atoms with Crippen molar-refractivity contribution in [2.45, 2.75) is 78.2 Å². The average Bonchev–Trinajstić information content (AvgIpc) is 2.35. The van der Waals surface area contributed by atoms with Crippen LogP contribution in [0.3, 0.4) is 0 Å². The Hall–Kier alpha value is -0.570. The lowest BCUT2D eigenvalue weighted by Crippen LogP contribution is -2.38. The summed E-state index contributed by atoms with van der Waals surface area (Å²) in [6.45, 7) is 7.05. The Morgan fingerprint density at radius 1 is 1.33 bits per heavy atom. The van der Waals surface area contributed by atoms with Gasteiger partial charge in [0.2, 0.25) is 0 Å². The first-order valence-corrected chi connectivity index (χ1v) is 7.50. The van der Waals surface area contributed by atoms with Crippen LogP contribution in [0.5, 0.6) is 0 Å². The highest BCUT2D eigenvalue weighted by atomic mass is 16.4.